The van der Waals surface area contributed by atoms with Crippen LogP contribution in [-0.4, -0.2) is 48.8 Å². The van der Waals surface area contributed by atoms with E-state index in [1.807, 2.05) is 12.1 Å². The molecule has 0 spiro atoms. The minimum Gasteiger partial charge on any atom is -0.626 e. The van der Waals surface area contributed by atoms with Crippen LogP contribution in [-0.2, 0) is 0 Å². The van der Waals surface area contributed by atoms with Crippen LogP contribution in [0.2, 0.25) is 5.02 Å². The molecule has 1 aliphatic heterocycles. The van der Waals surface area contributed by atoms with Crippen LogP contribution >= 0.6 is 23.4 Å². The van der Waals surface area contributed by atoms with Gasteiger partial charge in [0.2, 0.25) is 5.82 Å². The van der Waals surface area contributed by atoms with Crippen molar-refractivity contribution in [3.8, 4) is 22.9 Å². The Hall–Kier alpha value is -2.06. The Labute approximate surface area is 172 Å². The molecule has 0 saturated carbocycles. The lowest BCUT2D eigenvalue weighted by molar-refractivity contribution is 0.355. The first-order chi connectivity index (χ1) is 13.5. The molecule has 0 atom stereocenters. The van der Waals surface area contributed by atoms with Gasteiger partial charge in [-0.2, -0.15) is 16.7 Å². The fourth-order valence-electron chi connectivity index (χ4n) is 3.33. The number of rotatable bonds is 4. The minimum absolute atomic E-state index is 0.469. The van der Waals surface area contributed by atoms with E-state index in [9.17, 15) is 5.21 Å². The van der Waals surface area contributed by atoms with E-state index >= 15 is 0 Å². The molecule has 2 aromatic carbocycles. The molecule has 3 aromatic rings. The number of quaternary nitrogens is 1. The summed E-state index contributed by atoms with van der Waals surface area (Å²) in [6.07, 6.45) is 0. The predicted molar refractivity (Wildman–Crippen MR) is 115 cm³/mol. The monoisotopic (exact) mass is 417 g/mol. The fraction of sp³-hybridized carbons (Fsp3) is 0.300. The Morgan fingerprint density at radius 1 is 1.00 bits per heavy atom. The number of nitrogens with zero attached hydrogens (tertiary/aromatic N) is 3. The van der Waals surface area contributed by atoms with E-state index in [1.165, 1.54) is 0 Å². The maximum atomic E-state index is 13.7. The summed E-state index contributed by atoms with van der Waals surface area (Å²) in [6, 6.07) is 10.9. The topological polar surface area (TPSA) is 67.3 Å². The highest BCUT2D eigenvalue weighted by molar-refractivity contribution is 7.99. The molecule has 0 bridgehead atoms. The van der Waals surface area contributed by atoms with E-state index in [-0.39, 0.29) is 0 Å². The first kappa shape index (κ1) is 19.3. The van der Waals surface area contributed by atoms with Crippen LogP contribution in [0, 0.1) is 5.21 Å². The molecule has 1 aromatic heterocycles. The molecule has 1 aliphatic rings. The van der Waals surface area contributed by atoms with Crippen molar-refractivity contribution in [2.24, 2.45) is 0 Å². The molecule has 0 unspecified atom stereocenters. The summed E-state index contributed by atoms with van der Waals surface area (Å²) in [4.78, 5) is 9.43. The lowest BCUT2D eigenvalue weighted by Gasteiger charge is -2.43. The Balaban J connectivity index is 1.98. The third kappa shape index (κ3) is 3.51. The summed E-state index contributed by atoms with van der Waals surface area (Å²) in [7, 11) is 3.15. The number of fused-ring (bicyclic) bond motifs is 1. The number of hydrogen-bond acceptors (Lipinski definition) is 6. The van der Waals surface area contributed by atoms with Crippen molar-refractivity contribution >= 4 is 40.1 Å². The molecule has 4 rings (SSSR count). The van der Waals surface area contributed by atoms with Gasteiger partial charge in [0, 0.05) is 34.2 Å². The molecular weight excluding hydrogens is 398 g/mol. The van der Waals surface area contributed by atoms with Crippen LogP contribution in [0.5, 0.6) is 11.5 Å². The van der Waals surface area contributed by atoms with E-state index < -0.39 is 4.65 Å². The SMILES string of the molecule is COc1cc2nc(-c3ccc(Cl)cc3)nc([N+]3([O-])CCSCC3)c2cc1OC. The predicted octanol–water partition coefficient (Wildman–Crippen LogP) is 4.52. The first-order valence-corrected chi connectivity index (χ1v) is 10.4. The summed E-state index contributed by atoms with van der Waals surface area (Å²) in [5, 5.41) is 15.0. The fourth-order valence-corrected chi connectivity index (χ4v) is 4.51. The van der Waals surface area contributed by atoms with E-state index in [4.69, 9.17) is 31.0 Å². The summed E-state index contributed by atoms with van der Waals surface area (Å²) in [5.41, 5.74) is 1.46. The largest absolute Gasteiger partial charge is 0.626 e. The van der Waals surface area contributed by atoms with Crippen LogP contribution < -0.4 is 14.1 Å². The third-order valence-electron chi connectivity index (χ3n) is 4.86. The van der Waals surface area contributed by atoms with Gasteiger partial charge in [-0.05, 0) is 24.3 Å². The molecule has 8 heteroatoms. The lowest BCUT2D eigenvalue weighted by atomic mass is 10.1. The number of halogens is 1. The average molecular weight is 418 g/mol. The number of aromatic nitrogens is 2. The zero-order valence-corrected chi connectivity index (χ0v) is 17.2. The molecule has 1 fully saturated rings. The van der Waals surface area contributed by atoms with Crippen LogP contribution in [0.1, 0.15) is 0 Å². The van der Waals surface area contributed by atoms with Gasteiger partial charge in [-0.1, -0.05) is 11.6 Å². The van der Waals surface area contributed by atoms with Gasteiger partial charge in [-0.25, -0.2) is 4.98 Å². The Bertz CT molecular complexity index is 1010. The Kier molecular flexibility index (Phi) is 5.33. The molecule has 0 amide bonds. The van der Waals surface area contributed by atoms with Gasteiger partial charge in [0.1, 0.15) is 0 Å². The second-order valence-electron chi connectivity index (χ2n) is 6.55. The molecule has 6 nitrogen and oxygen atoms in total. The van der Waals surface area contributed by atoms with Crippen molar-refractivity contribution in [2.75, 3.05) is 38.8 Å². The Morgan fingerprint density at radius 2 is 1.64 bits per heavy atom. The Morgan fingerprint density at radius 3 is 2.29 bits per heavy atom. The molecule has 0 N–H and O–H groups in total. The number of ether oxygens (including phenoxy) is 2. The highest BCUT2D eigenvalue weighted by Gasteiger charge is 2.30. The highest BCUT2D eigenvalue weighted by atomic mass is 35.5. The molecule has 146 valence electrons. The number of methoxy groups -OCH3 is 2. The smallest absolute Gasteiger partial charge is 0.239 e. The van der Waals surface area contributed by atoms with E-state index in [2.05, 4.69) is 0 Å². The normalized spacial score (nSPS) is 16.1. The van der Waals surface area contributed by atoms with Gasteiger partial charge in [0.25, 0.3) is 0 Å². The van der Waals surface area contributed by atoms with Crippen molar-refractivity contribution in [1.29, 1.82) is 0 Å². The molecular formula is C20H20ClN3O3S. The summed E-state index contributed by atoms with van der Waals surface area (Å²) < 4.78 is 10.4. The minimum atomic E-state index is -0.470. The van der Waals surface area contributed by atoms with Crippen molar-refractivity contribution < 1.29 is 9.47 Å². The number of hydroxylamine groups is 2. The first-order valence-electron chi connectivity index (χ1n) is 8.90. The third-order valence-corrected chi connectivity index (χ3v) is 6.06. The van der Waals surface area contributed by atoms with Gasteiger partial charge in [0.05, 0.1) is 38.2 Å². The lowest BCUT2D eigenvalue weighted by Crippen LogP contribution is -2.50. The van der Waals surface area contributed by atoms with Crippen LogP contribution in [0.4, 0.5) is 5.82 Å². The number of benzene rings is 2. The molecule has 1 saturated heterocycles. The number of hydrogen-bond donors (Lipinski definition) is 0. The average Bonchev–Trinajstić information content (AvgIpc) is 2.73. The van der Waals surface area contributed by atoms with Crippen molar-refractivity contribution in [3.05, 3.63) is 46.6 Å². The highest BCUT2D eigenvalue weighted by Crippen LogP contribution is 2.39. The van der Waals surface area contributed by atoms with Crippen LogP contribution in [0.25, 0.3) is 22.3 Å². The van der Waals surface area contributed by atoms with Crippen LogP contribution in [0.3, 0.4) is 0 Å². The maximum absolute atomic E-state index is 13.7. The second-order valence-corrected chi connectivity index (χ2v) is 8.21. The van der Waals surface area contributed by atoms with Crippen molar-refractivity contribution in [2.45, 2.75) is 0 Å². The summed E-state index contributed by atoms with van der Waals surface area (Å²) in [5.74, 6) is 3.69. The maximum Gasteiger partial charge on any atom is 0.239 e. The summed E-state index contributed by atoms with van der Waals surface area (Å²) in [6.45, 7) is 0.955. The van der Waals surface area contributed by atoms with Gasteiger partial charge < -0.3 is 19.3 Å². The van der Waals surface area contributed by atoms with Crippen molar-refractivity contribution in [3.63, 3.8) is 0 Å². The van der Waals surface area contributed by atoms with E-state index in [0.29, 0.717) is 52.2 Å². The number of thioether (sulfide) groups is 1. The van der Waals surface area contributed by atoms with E-state index in [0.717, 1.165) is 17.1 Å². The molecule has 28 heavy (non-hydrogen) atoms. The molecule has 0 radical (unpaired) electrons. The zero-order valence-electron chi connectivity index (χ0n) is 15.6. The van der Waals surface area contributed by atoms with E-state index in [1.54, 1.807) is 50.2 Å². The van der Waals surface area contributed by atoms with Gasteiger partial charge in [-0.3, -0.25) is 0 Å². The van der Waals surface area contributed by atoms with Gasteiger partial charge in [0.15, 0.2) is 17.3 Å². The van der Waals surface area contributed by atoms with Crippen LogP contribution in [0.15, 0.2) is 36.4 Å². The van der Waals surface area contributed by atoms with Crippen molar-refractivity contribution in [1.82, 2.24) is 14.6 Å². The standard InChI is InChI=1S/C20H20ClN3O3S/c1-26-17-11-15-16(12-18(17)27-2)22-19(13-3-5-14(21)6-4-13)23-20(15)24(25)7-9-28-10-8-24/h3-6,11-12H,7-10H2,1-2H3. The quantitative estimate of drug-likeness (QED) is 0.459. The van der Waals surface area contributed by atoms with Gasteiger partial charge >= 0.3 is 0 Å². The van der Waals surface area contributed by atoms with Gasteiger partial charge in [-0.15, -0.1) is 0 Å². The second kappa shape index (κ2) is 7.75. The molecule has 0 aliphatic carbocycles. The summed E-state index contributed by atoms with van der Waals surface area (Å²) >= 11 is 7.81. The molecule has 2 heterocycles. The zero-order chi connectivity index (χ0) is 19.7.